The Morgan fingerprint density at radius 1 is 1.27 bits per heavy atom. The second-order valence-electron chi connectivity index (χ2n) is 6.39. The van der Waals surface area contributed by atoms with Crippen LogP contribution in [-0.4, -0.2) is 40.1 Å². The zero-order chi connectivity index (χ0) is 18.7. The third-order valence-electron chi connectivity index (χ3n) is 4.27. The molecule has 1 aromatic carbocycles. The maximum Gasteiger partial charge on any atom is 0.408 e. The Morgan fingerprint density at radius 2 is 2.00 bits per heavy atom. The van der Waals surface area contributed by atoms with E-state index in [9.17, 15) is 18.0 Å². The maximum absolute atomic E-state index is 12.9. The number of halogens is 4. The van der Waals surface area contributed by atoms with Crippen molar-refractivity contribution in [1.82, 2.24) is 10.4 Å². The fraction of sp³-hybridized carbons (Fsp3) is 0.529. The van der Waals surface area contributed by atoms with Crippen LogP contribution >= 0.6 is 34.4 Å². The number of hydrogen-bond donors (Lipinski definition) is 1. The first-order valence-electron chi connectivity index (χ1n) is 8.46. The molecule has 4 nitrogen and oxygen atoms in total. The van der Waals surface area contributed by atoms with E-state index < -0.39 is 24.0 Å². The molecule has 0 spiro atoms. The molecule has 1 saturated carbocycles. The van der Waals surface area contributed by atoms with Crippen molar-refractivity contribution in [1.29, 1.82) is 0 Å². The van der Waals surface area contributed by atoms with Crippen LogP contribution < -0.4 is 5.43 Å². The van der Waals surface area contributed by atoms with Gasteiger partial charge in [-0.2, -0.15) is 13.2 Å². The van der Waals surface area contributed by atoms with E-state index in [1.807, 2.05) is 18.2 Å². The lowest BCUT2D eigenvalue weighted by atomic mass is 10.0. The lowest BCUT2D eigenvalue weighted by molar-refractivity contribution is -0.165. The molecule has 1 N–H and O–H groups in total. The van der Waals surface area contributed by atoms with Crippen LogP contribution in [0.4, 0.5) is 13.2 Å². The van der Waals surface area contributed by atoms with Gasteiger partial charge in [0.05, 0.1) is 0 Å². The number of hydrogen-bond acceptors (Lipinski definition) is 4. The van der Waals surface area contributed by atoms with Crippen molar-refractivity contribution >= 4 is 46.1 Å². The van der Waals surface area contributed by atoms with Gasteiger partial charge in [0.1, 0.15) is 12.4 Å². The third-order valence-corrected chi connectivity index (χ3v) is 6.37. The van der Waals surface area contributed by atoms with Crippen molar-refractivity contribution in [2.75, 3.05) is 6.54 Å². The second kappa shape index (κ2) is 8.37. The summed E-state index contributed by atoms with van der Waals surface area (Å²) in [7, 11) is 0. The van der Waals surface area contributed by atoms with E-state index in [1.54, 1.807) is 6.07 Å². The van der Waals surface area contributed by atoms with Crippen molar-refractivity contribution < 1.29 is 18.0 Å². The molecule has 1 atom stereocenters. The van der Waals surface area contributed by atoms with Crippen LogP contribution in [0.15, 0.2) is 29.3 Å². The van der Waals surface area contributed by atoms with E-state index in [0.717, 1.165) is 29.3 Å². The summed E-state index contributed by atoms with van der Waals surface area (Å²) in [5.41, 5.74) is 3.24. The van der Waals surface area contributed by atoms with Gasteiger partial charge in [-0.25, -0.2) is 10.0 Å². The number of nitrogens with one attached hydrogen (secondary N) is 1. The van der Waals surface area contributed by atoms with Gasteiger partial charge in [0, 0.05) is 14.4 Å². The van der Waals surface area contributed by atoms with E-state index in [2.05, 4.69) is 33.0 Å². The summed E-state index contributed by atoms with van der Waals surface area (Å²) >= 11 is 3.53. The average Bonchev–Trinajstić information content (AvgIpc) is 2.58. The summed E-state index contributed by atoms with van der Waals surface area (Å²) in [4.78, 5) is 17.0. The second-order valence-corrected chi connectivity index (χ2v) is 9.02. The highest BCUT2D eigenvalue weighted by Crippen LogP contribution is 2.33. The highest BCUT2D eigenvalue weighted by molar-refractivity contribution is 14.1. The van der Waals surface area contributed by atoms with Crippen LogP contribution in [-0.2, 0) is 4.79 Å². The molecule has 0 aromatic heterocycles. The van der Waals surface area contributed by atoms with Crippen molar-refractivity contribution in [3.63, 3.8) is 0 Å². The standard InChI is InChI=1S/C17H19F3IN3OS/c18-17(19,20)10-24-16(25)15(26-13-7-2-1-3-8-13)22-14(23-24)11-5-4-6-12(21)9-11/h4-6,9,13,15H,1-3,7-8,10H2,(H,22,23). The van der Waals surface area contributed by atoms with Gasteiger partial charge < -0.3 is 0 Å². The highest BCUT2D eigenvalue weighted by atomic mass is 127. The van der Waals surface area contributed by atoms with Crippen LogP contribution in [0.5, 0.6) is 0 Å². The zero-order valence-corrected chi connectivity index (χ0v) is 16.9. The van der Waals surface area contributed by atoms with Gasteiger partial charge in [-0.3, -0.25) is 10.2 Å². The minimum atomic E-state index is -4.48. The van der Waals surface area contributed by atoms with Crippen molar-refractivity contribution in [2.45, 2.75) is 48.9 Å². The van der Waals surface area contributed by atoms with Crippen molar-refractivity contribution in [3.8, 4) is 0 Å². The topological polar surface area (TPSA) is 44.7 Å². The Kier molecular flexibility index (Phi) is 6.37. The first kappa shape index (κ1) is 19.8. The number of nitrogens with zero attached hydrogens (tertiary/aromatic N) is 2. The van der Waals surface area contributed by atoms with Crippen LogP contribution in [0.25, 0.3) is 0 Å². The monoisotopic (exact) mass is 497 g/mol. The summed E-state index contributed by atoms with van der Waals surface area (Å²) in [6.45, 7) is -1.34. The Balaban J connectivity index is 1.86. The molecule has 1 aliphatic heterocycles. The molecule has 0 saturated heterocycles. The predicted octanol–water partition coefficient (Wildman–Crippen LogP) is 4.34. The number of hydrazine groups is 1. The Bertz CT molecular complexity index is 692. The van der Waals surface area contributed by atoms with E-state index in [0.29, 0.717) is 16.4 Å². The smallest absolute Gasteiger partial charge is 0.279 e. The fourth-order valence-corrected chi connectivity index (χ4v) is 4.98. The Hall–Kier alpha value is -0.970. The molecule has 2 aliphatic rings. The number of carbonyl (C=O) groups is 1. The summed E-state index contributed by atoms with van der Waals surface area (Å²) < 4.78 is 39.7. The highest BCUT2D eigenvalue weighted by Gasteiger charge is 2.39. The number of benzene rings is 1. The van der Waals surface area contributed by atoms with Gasteiger partial charge >= 0.3 is 6.18 Å². The van der Waals surface area contributed by atoms with Gasteiger partial charge in [-0.15, -0.1) is 11.8 Å². The minimum Gasteiger partial charge on any atom is -0.279 e. The van der Waals surface area contributed by atoms with Gasteiger partial charge in [0.2, 0.25) is 0 Å². The van der Waals surface area contributed by atoms with E-state index in [1.165, 1.54) is 18.2 Å². The first-order chi connectivity index (χ1) is 12.3. The SMILES string of the molecule is O=C1C(SC2CCCCC2)N=C(c2cccc(I)c2)NN1CC(F)(F)F. The molecule has 1 amide bonds. The van der Waals surface area contributed by atoms with Crippen LogP contribution in [0.1, 0.15) is 37.7 Å². The van der Waals surface area contributed by atoms with Gasteiger partial charge in [0.25, 0.3) is 5.91 Å². The van der Waals surface area contributed by atoms with Crippen LogP contribution in [0.2, 0.25) is 0 Å². The predicted molar refractivity (Wildman–Crippen MR) is 105 cm³/mol. The number of aliphatic imine (C=N–C) groups is 1. The van der Waals surface area contributed by atoms with E-state index in [-0.39, 0.29) is 5.25 Å². The van der Waals surface area contributed by atoms with Crippen LogP contribution in [0.3, 0.4) is 0 Å². The lowest BCUT2D eigenvalue weighted by Crippen LogP contribution is -2.56. The Labute approximate surface area is 168 Å². The van der Waals surface area contributed by atoms with Crippen LogP contribution in [0, 0.1) is 3.57 Å². The quantitative estimate of drug-likeness (QED) is 0.630. The molecule has 26 heavy (non-hydrogen) atoms. The third kappa shape index (κ3) is 5.28. The molecular weight excluding hydrogens is 478 g/mol. The number of carbonyl (C=O) groups excluding carboxylic acids is 1. The van der Waals surface area contributed by atoms with Gasteiger partial charge in [-0.1, -0.05) is 31.4 Å². The number of thioether (sulfide) groups is 1. The molecule has 9 heteroatoms. The van der Waals surface area contributed by atoms with Crippen molar-refractivity contribution in [2.24, 2.45) is 4.99 Å². The molecule has 1 aliphatic carbocycles. The zero-order valence-electron chi connectivity index (χ0n) is 13.9. The largest absolute Gasteiger partial charge is 0.408 e. The lowest BCUT2D eigenvalue weighted by Gasteiger charge is -2.34. The maximum atomic E-state index is 12.9. The van der Waals surface area contributed by atoms with Gasteiger partial charge in [-0.05, 0) is 47.6 Å². The molecular formula is C17H19F3IN3OS. The number of rotatable bonds is 4. The molecule has 1 aromatic rings. The summed E-state index contributed by atoms with van der Waals surface area (Å²) in [6, 6.07) is 7.31. The Morgan fingerprint density at radius 3 is 2.65 bits per heavy atom. The molecule has 3 rings (SSSR count). The minimum absolute atomic E-state index is 0.268. The summed E-state index contributed by atoms with van der Waals surface area (Å²) in [6.07, 6.45) is 0.849. The number of alkyl halides is 3. The molecule has 142 valence electrons. The van der Waals surface area contributed by atoms with E-state index >= 15 is 0 Å². The number of amidine groups is 1. The molecule has 1 fully saturated rings. The summed E-state index contributed by atoms with van der Waals surface area (Å²) in [5.74, 6) is -0.326. The number of amides is 1. The van der Waals surface area contributed by atoms with Gasteiger partial charge in [0.15, 0.2) is 5.37 Å². The molecule has 1 heterocycles. The normalized spacial score (nSPS) is 22.2. The van der Waals surface area contributed by atoms with E-state index in [4.69, 9.17) is 0 Å². The first-order valence-corrected chi connectivity index (χ1v) is 10.5. The summed E-state index contributed by atoms with van der Waals surface area (Å²) in [5, 5.41) is 0.0851. The molecule has 0 bridgehead atoms. The molecule has 1 unspecified atom stereocenters. The molecule has 0 radical (unpaired) electrons. The fourth-order valence-electron chi connectivity index (χ4n) is 3.06. The average molecular weight is 497 g/mol. The van der Waals surface area contributed by atoms with Crippen molar-refractivity contribution in [3.05, 3.63) is 33.4 Å².